The molecule has 2 aromatic rings. The number of nitrogens with one attached hydrogen (secondary N) is 2. The number of hydrogen-bond donors (Lipinski definition) is 2. The number of esters is 1. The zero-order chi connectivity index (χ0) is 20.5. The van der Waals surface area contributed by atoms with E-state index in [1.165, 1.54) is 37.4 Å². The molecule has 7 nitrogen and oxygen atoms in total. The summed E-state index contributed by atoms with van der Waals surface area (Å²) in [7, 11) is -2.60. The number of methoxy groups -OCH3 is 1. The van der Waals surface area contributed by atoms with Gasteiger partial charge in [-0.2, -0.15) is 0 Å². The van der Waals surface area contributed by atoms with Gasteiger partial charge in [0.25, 0.3) is 5.91 Å². The standard InChI is InChI=1S/C18H16Cl2N2O5S/c1-27-18(24)10-2-4-11(5-3-10)21-17(23)13-8-16(15(20)9-14(13)19)28(25,26)22-12-6-7-12/h2-5,8-9,12,22H,6-7H2,1H3,(H,21,23). The van der Waals surface area contributed by atoms with Crippen molar-refractivity contribution in [2.24, 2.45) is 0 Å². The summed E-state index contributed by atoms with van der Waals surface area (Å²) in [4.78, 5) is 23.8. The van der Waals surface area contributed by atoms with Crippen LogP contribution in [0.2, 0.25) is 10.0 Å². The van der Waals surface area contributed by atoms with Gasteiger partial charge in [0.05, 0.1) is 28.3 Å². The lowest BCUT2D eigenvalue weighted by atomic mass is 10.2. The molecule has 28 heavy (non-hydrogen) atoms. The molecule has 2 aromatic carbocycles. The second-order valence-corrected chi connectivity index (χ2v) is 8.68. The Hall–Kier alpha value is -2.13. The van der Waals surface area contributed by atoms with E-state index in [1.54, 1.807) is 0 Å². The molecule has 0 saturated heterocycles. The molecular weight excluding hydrogens is 427 g/mol. The van der Waals surface area contributed by atoms with Crippen molar-refractivity contribution in [2.45, 2.75) is 23.8 Å². The average Bonchev–Trinajstić information content (AvgIpc) is 3.44. The molecule has 0 spiro atoms. The van der Waals surface area contributed by atoms with Gasteiger partial charge in [0.2, 0.25) is 10.0 Å². The fraction of sp³-hybridized carbons (Fsp3) is 0.222. The molecule has 1 aliphatic carbocycles. The molecule has 0 radical (unpaired) electrons. The number of carbonyl (C=O) groups is 2. The highest BCUT2D eigenvalue weighted by Gasteiger charge is 2.30. The molecule has 0 unspecified atom stereocenters. The third-order valence-corrected chi connectivity index (χ3v) is 6.32. The predicted molar refractivity (Wildman–Crippen MR) is 106 cm³/mol. The second-order valence-electron chi connectivity index (χ2n) is 6.18. The summed E-state index contributed by atoms with van der Waals surface area (Å²) in [5.41, 5.74) is 0.674. The predicted octanol–water partition coefficient (Wildman–Crippen LogP) is 3.47. The first kappa shape index (κ1) is 20.6. The number of carbonyl (C=O) groups excluding carboxylic acids is 2. The van der Waals surface area contributed by atoms with E-state index in [0.29, 0.717) is 11.3 Å². The maximum Gasteiger partial charge on any atom is 0.337 e. The molecule has 1 saturated carbocycles. The smallest absolute Gasteiger partial charge is 0.337 e. The highest BCUT2D eigenvalue weighted by atomic mass is 35.5. The first-order chi connectivity index (χ1) is 13.2. The van der Waals surface area contributed by atoms with Crippen LogP contribution in [0.5, 0.6) is 0 Å². The first-order valence-corrected chi connectivity index (χ1v) is 10.5. The van der Waals surface area contributed by atoms with Crippen molar-refractivity contribution >= 4 is 50.8 Å². The minimum Gasteiger partial charge on any atom is -0.465 e. The van der Waals surface area contributed by atoms with E-state index in [4.69, 9.17) is 23.2 Å². The molecular formula is C18H16Cl2N2O5S. The molecule has 2 N–H and O–H groups in total. The van der Waals surface area contributed by atoms with E-state index in [2.05, 4.69) is 14.8 Å². The number of sulfonamides is 1. The number of rotatable bonds is 6. The first-order valence-electron chi connectivity index (χ1n) is 8.22. The Balaban J connectivity index is 1.85. The Kier molecular flexibility index (Phi) is 5.95. The highest BCUT2D eigenvalue weighted by molar-refractivity contribution is 7.89. The van der Waals surface area contributed by atoms with Gasteiger partial charge in [-0.3, -0.25) is 4.79 Å². The van der Waals surface area contributed by atoms with Gasteiger partial charge in [0.1, 0.15) is 4.90 Å². The molecule has 0 heterocycles. The van der Waals surface area contributed by atoms with Gasteiger partial charge in [-0.1, -0.05) is 23.2 Å². The zero-order valence-corrected chi connectivity index (χ0v) is 17.0. The Labute approximate surface area is 172 Å². The van der Waals surface area contributed by atoms with Crippen LogP contribution in [0.1, 0.15) is 33.6 Å². The van der Waals surface area contributed by atoms with Crippen LogP contribution in [0.25, 0.3) is 0 Å². The van der Waals surface area contributed by atoms with Crippen LogP contribution < -0.4 is 10.0 Å². The van der Waals surface area contributed by atoms with Gasteiger partial charge in [-0.05, 0) is 49.2 Å². The van der Waals surface area contributed by atoms with Gasteiger partial charge >= 0.3 is 5.97 Å². The summed E-state index contributed by atoms with van der Waals surface area (Å²) in [6, 6.07) is 8.26. The monoisotopic (exact) mass is 442 g/mol. The third-order valence-electron chi connectivity index (χ3n) is 4.02. The highest BCUT2D eigenvalue weighted by Crippen LogP contribution is 2.31. The van der Waals surface area contributed by atoms with Crippen molar-refractivity contribution in [3.05, 3.63) is 57.6 Å². The van der Waals surface area contributed by atoms with Gasteiger partial charge in [-0.25, -0.2) is 17.9 Å². The minimum atomic E-state index is -3.86. The van der Waals surface area contributed by atoms with E-state index in [9.17, 15) is 18.0 Å². The van der Waals surface area contributed by atoms with Gasteiger partial charge in [0.15, 0.2) is 0 Å². The average molecular weight is 443 g/mol. The van der Waals surface area contributed by atoms with E-state index in [0.717, 1.165) is 18.9 Å². The maximum atomic E-state index is 12.6. The van der Waals surface area contributed by atoms with Crippen molar-refractivity contribution < 1.29 is 22.7 Å². The van der Waals surface area contributed by atoms with E-state index in [-0.39, 0.29) is 26.5 Å². The van der Waals surface area contributed by atoms with E-state index in [1.807, 2.05) is 0 Å². The van der Waals surface area contributed by atoms with Crippen LogP contribution in [0.15, 0.2) is 41.3 Å². The summed E-state index contributed by atoms with van der Waals surface area (Å²) in [5, 5.41) is 2.54. The van der Waals surface area contributed by atoms with E-state index < -0.39 is 21.9 Å². The lowest BCUT2D eigenvalue weighted by Crippen LogP contribution is -2.26. The Morgan fingerprint density at radius 3 is 2.29 bits per heavy atom. The summed E-state index contributed by atoms with van der Waals surface area (Å²) >= 11 is 12.1. The molecule has 1 aliphatic rings. The quantitative estimate of drug-likeness (QED) is 0.666. The third kappa shape index (κ3) is 4.64. The van der Waals surface area contributed by atoms with Crippen molar-refractivity contribution in [1.82, 2.24) is 4.72 Å². The van der Waals surface area contributed by atoms with Crippen molar-refractivity contribution in [1.29, 1.82) is 0 Å². The number of ether oxygens (including phenoxy) is 1. The van der Waals surface area contributed by atoms with Crippen molar-refractivity contribution in [2.75, 3.05) is 12.4 Å². The fourth-order valence-corrected chi connectivity index (χ4v) is 4.56. The zero-order valence-electron chi connectivity index (χ0n) is 14.7. The Morgan fingerprint density at radius 2 is 1.71 bits per heavy atom. The van der Waals surface area contributed by atoms with Crippen LogP contribution >= 0.6 is 23.2 Å². The minimum absolute atomic E-state index is 0.0130. The molecule has 0 bridgehead atoms. The van der Waals surface area contributed by atoms with Crippen LogP contribution in [-0.4, -0.2) is 33.4 Å². The summed E-state index contributed by atoms with van der Waals surface area (Å²) in [6.07, 6.45) is 1.53. The number of anilines is 1. The second kappa shape index (κ2) is 8.08. The van der Waals surface area contributed by atoms with Gasteiger partial charge < -0.3 is 10.1 Å². The number of benzene rings is 2. The topological polar surface area (TPSA) is 102 Å². The van der Waals surface area contributed by atoms with Crippen LogP contribution in [0.4, 0.5) is 5.69 Å². The summed E-state index contributed by atoms with van der Waals surface area (Å²) in [5.74, 6) is -1.12. The van der Waals surface area contributed by atoms with Gasteiger partial charge in [-0.15, -0.1) is 0 Å². The Bertz CT molecular complexity index is 1030. The molecule has 10 heteroatoms. The van der Waals surface area contributed by atoms with Crippen LogP contribution in [-0.2, 0) is 14.8 Å². The van der Waals surface area contributed by atoms with Crippen LogP contribution in [0, 0.1) is 0 Å². The number of halogens is 2. The summed E-state index contributed by atoms with van der Waals surface area (Å²) in [6.45, 7) is 0. The SMILES string of the molecule is COC(=O)c1ccc(NC(=O)c2cc(S(=O)(=O)NC3CC3)c(Cl)cc2Cl)cc1. The lowest BCUT2D eigenvalue weighted by Gasteiger charge is -2.12. The largest absolute Gasteiger partial charge is 0.465 e. The molecule has 0 atom stereocenters. The molecule has 0 aliphatic heterocycles. The molecule has 3 rings (SSSR count). The number of amides is 1. The van der Waals surface area contributed by atoms with Crippen LogP contribution in [0.3, 0.4) is 0 Å². The van der Waals surface area contributed by atoms with Gasteiger partial charge in [0, 0.05) is 11.7 Å². The van der Waals surface area contributed by atoms with E-state index >= 15 is 0 Å². The van der Waals surface area contributed by atoms with Crippen molar-refractivity contribution in [3.63, 3.8) is 0 Å². The molecule has 1 amide bonds. The summed E-state index contributed by atoms with van der Waals surface area (Å²) < 4.78 is 32.1. The molecule has 0 aromatic heterocycles. The molecule has 1 fully saturated rings. The normalized spacial score (nSPS) is 13.8. The molecule has 148 valence electrons. The lowest BCUT2D eigenvalue weighted by molar-refractivity contribution is 0.0600. The number of hydrogen-bond acceptors (Lipinski definition) is 5. The fourth-order valence-electron chi connectivity index (χ4n) is 2.40. The van der Waals surface area contributed by atoms with Crippen molar-refractivity contribution in [3.8, 4) is 0 Å². The Morgan fingerprint density at radius 1 is 1.07 bits per heavy atom. The maximum absolute atomic E-state index is 12.6.